The molecule has 0 saturated heterocycles. The zero-order chi connectivity index (χ0) is 29.1. The summed E-state index contributed by atoms with van der Waals surface area (Å²) in [6, 6.07) is 19.5. The van der Waals surface area contributed by atoms with Crippen LogP contribution in [-0.4, -0.2) is 51.9 Å². The fraction of sp³-hybridized carbons (Fsp3) is 0.115. The van der Waals surface area contributed by atoms with Gasteiger partial charge in [-0.3, -0.25) is 9.59 Å². The van der Waals surface area contributed by atoms with Crippen molar-refractivity contribution in [3.05, 3.63) is 78.6 Å². The summed E-state index contributed by atoms with van der Waals surface area (Å²) in [6.45, 7) is 2.79. The second-order valence-electron chi connectivity index (χ2n) is 8.07. The summed E-state index contributed by atoms with van der Waals surface area (Å²) in [7, 11) is 0. The van der Waals surface area contributed by atoms with Crippen LogP contribution in [0.2, 0.25) is 0 Å². The number of carboxylic acid groups (broad SMARTS) is 2. The summed E-state index contributed by atoms with van der Waals surface area (Å²) in [5, 5.41) is 27.2. The van der Waals surface area contributed by atoms with Crippen molar-refractivity contribution < 1.29 is 19.8 Å². The van der Waals surface area contributed by atoms with Gasteiger partial charge in [-0.25, -0.2) is 14.6 Å². The van der Waals surface area contributed by atoms with Gasteiger partial charge in [0.15, 0.2) is 11.6 Å². The molecule has 3 aromatic heterocycles. The van der Waals surface area contributed by atoms with Gasteiger partial charge in [-0.1, -0.05) is 30.3 Å². The summed E-state index contributed by atoms with van der Waals surface area (Å²) in [5.74, 6) is 0.623. The highest BCUT2D eigenvalue weighted by molar-refractivity contribution is 5.94. The molecule has 0 aliphatic rings. The lowest BCUT2D eigenvalue weighted by atomic mass is 10.2. The van der Waals surface area contributed by atoms with Gasteiger partial charge < -0.3 is 32.3 Å². The van der Waals surface area contributed by atoms with E-state index in [9.17, 15) is 0 Å². The lowest BCUT2D eigenvalue weighted by Gasteiger charge is -2.07. The molecule has 5 rings (SSSR count). The molecule has 0 radical (unpaired) electrons. The molecule has 0 aliphatic heterocycles. The molecule has 0 unspecified atom stereocenters. The van der Waals surface area contributed by atoms with Gasteiger partial charge in [0.05, 0.1) is 5.52 Å². The van der Waals surface area contributed by atoms with Crippen molar-refractivity contribution in [1.29, 1.82) is 0 Å². The summed E-state index contributed by atoms with van der Waals surface area (Å²) in [5.41, 5.74) is 14.3. The van der Waals surface area contributed by atoms with Crippen molar-refractivity contribution in [2.45, 2.75) is 20.4 Å². The quantitative estimate of drug-likeness (QED) is 0.181. The van der Waals surface area contributed by atoms with Gasteiger partial charge in [0.2, 0.25) is 11.9 Å². The highest BCUT2D eigenvalue weighted by Crippen LogP contribution is 2.29. The van der Waals surface area contributed by atoms with Crippen LogP contribution in [0.5, 0.6) is 0 Å². The lowest BCUT2D eigenvalue weighted by molar-refractivity contribution is -0.135. The van der Waals surface area contributed by atoms with Crippen LogP contribution < -0.4 is 22.1 Å². The number of nitrogens with zero attached hydrogens (tertiary/aromatic N) is 6. The van der Waals surface area contributed by atoms with Crippen LogP contribution >= 0.6 is 0 Å². The van der Waals surface area contributed by atoms with Crippen molar-refractivity contribution in [1.82, 2.24) is 29.7 Å². The summed E-state index contributed by atoms with van der Waals surface area (Å²) >= 11 is 0. The van der Waals surface area contributed by atoms with E-state index in [2.05, 4.69) is 42.7 Å². The Kier molecular flexibility index (Phi) is 9.83. The van der Waals surface area contributed by atoms with Crippen molar-refractivity contribution in [2.24, 2.45) is 0 Å². The van der Waals surface area contributed by atoms with Crippen molar-refractivity contribution in [3.63, 3.8) is 0 Å². The number of rotatable bonds is 6. The van der Waals surface area contributed by atoms with E-state index < -0.39 is 11.9 Å². The van der Waals surface area contributed by atoms with Crippen LogP contribution in [0.1, 0.15) is 19.4 Å². The topological polar surface area (TPSA) is 220 Å². The fourth-order valence-electron chi connectivity index (χ4n) is 3.36. The number of benzene rings is 2. The number of fused-ring (bicyclic) bond motifs is 1. The molecule has 3 heterocycles. The third-order valence-electron chi connectivity index (χ3n) is 4.81. The van der Waals surface area contributed by atoms with E-state index in [1.165, 1.54) is 0 Å². The van der Waals surface area contributed by atoms with Crippen LogP contribution in [0, 0.1) is 0 Å². The van der Waals surface area contributed by atoms with E-state index in [4.69, 9.17) is 36.4 Å². The van der Waals surface area contributed by atoms with Gasteiger partial charge >= 0.3 is 0 Å². The van der Waals surface area contributed by atoms with Crippen LogP contribution in [0.4, 0.5) is 29.2 Å². The Labute approximate surface area is 228 Å². The number of anilines is 5. The Morgan fingerprint density at radius 1 is 0.875 bits per heavy atom. The average molecular weight is 545 g/mol. The minimum absolute atomic E-state index is 0.185. The molecule has 8 N–H and O–H groups in total. The Morgan fingerprint density at radius 2 is 1.50 bits per heavy atom. The first-order valence-corrected chi connectivity index (χ1v) is 11.8. The summed E-state index contributed by atoms with van der Waals surface area (Å²) in [6.07, 6.45) is 3.21. The highest BCUT2D eigenvalue weighted by Gasteiger charge is 2.14. The van der Waals surface area contributed by atoms with E-state index in [0.29, 0.717) is 24.0 Å². The smallest absolute Gasteiger partial charge is 0.300 e. The number of hydrogen-bond acceptors (Lipinski definition) is 11. The first kappa shape index (κ1) is 28.8. The second-order valence-corrected chi connectivity index (χ2v) is 8.07. The molecular weight excluding hydrogens is 516 g/mol. The van der Waals surface area contributed by atoms with E-state index in [1.807, 2.05) is 36.4 Å². The van der Waals surface area contributed by atoms with Crippen molar-refractivity contribution >= 4 is 52.1 Å². The van der Waals surface area contributed by atoms with Gasteiger partial charge in [-0.15, -0.1) is 5.10 Å². The molecule has 0 saturated carbocycles. The first-order chi connectivity index (χ1) is 19.1. The number of carboxylic acids is 2. The number of hydrogen-bond donors (Lipinski definition) is 6. The third-order valence-corrected chi connectivity index (χ3v) is 4.81. The first-order valence-electron chi connectivity index (χ1n) is 11.8. The molecule has 14 nitrogen and oxygen atoms in total. The zero-order valence-electron chi connectivity index (χ0n) is 21.7. The molecular formula is C26H28N10O4. The number of nitrogens with one attached hydrogen (secondary N) is 2. The van der Waals surface area contributed by atoms with Crippen LogP contribution in [0.25, 0.3) is 16.7 Å². The maximum Gasteiger partial charge on any atom is 0.300 e. The fourth-order valence-corrected chi connectivity index (χ4v) is 3.36. The van der Waals surface area contributed by atoms with Gasteiger partial charge in [0.25, 0.3) is 11.9 Å². The Morgan fingerprint density at radius 3 is 2.12 bits per heavy atom. The van der Waals surface area contributed by atoms with E-state index in [1.54, 1.807) is 29.2 Å². The second kappa shape index (κ2) is 13.7. The van der Waals surface area contributed by atoms with Gasteiger partial charge in [-0.2, -0.15) is 9.97 Å². The SMILES string of the molecule is CC(=O)O.CC(=O)O.Nc1nccc(Nc2ccc3c(c2)c(NCc2ccccc2)nn3-c2ccnc(N)n2)n1. The maximum absolute atomic E-state index is 9.00. The molecule has 0 amide bonds. The van der Waals surface area contributed by atoms with Crippen LogP contribution in [0.3, 0.4) is 0 Å². The molecule has 14 heteroatoms. The van der Waals surface area contributed by atoms with Crippen molar-refractivity contribution in [3.8, 4) is 5.82 Å². The van der Waals surface area contributed by atoms with Gasteiger partial charge in [-0.05, 0) is 29.8 Å². The molecule has 0 atom stereocenters. The molecule has 0 bridgehead atoms. The number of aromatic nitrogens is 6. The molecule has 0 aliphatic carbocycles. The zero-order valence-corrected chi connectivity index (χ0v) is 21.7. The number of carbonyl (C=O) groups is 2. The predicted molar refractivity (Wildman–Crippen MR) is 151 cm³/mol. The minimum atomic E-state index is -0.833. The van der Waals surface area contributed by atoms with E-state index in [0.717, 1.165) is 36.0 Å². The average Bonchev–Trinajstić information content (AvgIpc) is 3.25. The normalized spacial score (nSPS) is 9.95. The predicted octanol–water partition coefficient (Wildman–Crippen LogP) is 3.31. The number of aliphatic carboxylic acids is 2. The standard InChI is InChI=1S/C22H20N10.2C2H4O2/c23-21-25-10-8-18(29-21)28-15-6-7-17-16(12-15)20(27-13-14-4-2-1-3-5-14)31-32(17)19-9-11-26-22(24)30-19;2*1-2(3)4/h1-12H,13H2,(H,27,31)(H2,24,26,30)(H3,23,25,28,29);2*1H3,(H,3,4). The highest BCUT2D eigenvalue weighted by atomic mass is 16.4. The molecule has 40 heavy (non-hydrogen) atoms. The largest absolute Gasteiger partial charge is 0.481 e. The molecule has 5 aromatic rings. The maximum atomic E-state index is 9.00. The van der Waals surface area contributed by atoms with Gasteiger partial charge in [0, 0.05) is 49.9 Å². The Bertz CT molecular complexity index is 1570. The lowest BCUT2D eigenvalue weighted by Crippen LogP contribution is -2.05. The van der Waals surface area contributed by atoms with Crippen LogP contribution in [0.15, 0.2) is 73.1 Å². The molecule has 0 spiro atoms. The third kappa shape index (κ3) is 8.65. The Hall–Kier alpha value is -5.79. The molecule has 0 fully saturated rings. The van der Waals surface area contributed by atoms with E-state index >= 15 is 0 Å². The molecule has 2 aromatic carbocycles. The van der Waals surface area contributed by atoms with Crippen molar-refractivity contribution in [2.75, 3.05) is 22.1 Å². The number of nitrogen functional groups attached to an aromatic ring is 2. The monoisotopic (exact) mass is 544 g/mol. The summed E-state index contributed by atoms with van der Waals surface area (Å²) in [4.78, 5) is 34.4. The molecule has 206 valence electrons. The van der Waals surface area contributed by atoms with Gasteiger partial charge in [0.1, 0.15) is 5.82 Å². The van der Waals surface area contributed by atoms with Crippen LogP contribution in [-0.2, 0) is 16.1 Å². The summed E-state index contributed by atoms with van der Waals surface area (Å²) < 4.78 is 1.74. The Balaban J connectivity index is 0.000000490. The van der Waals surface area contributed by atoms with E-state index in [-0.39, 0.29) is 11.9 Å². The minimum Gasteiger partial charge on any atom is -0.481 e. The number of nitrogens with two attached hydrogens (primary N) is 2.